The third-order valence-electron chi connectivity index (χ3n) is 3.53. The van der Waals surface area contributed by atoms with Gasteiger partial charge in [0, 0.05) is 19.5 Å². The molecule has 6 heteroatoms. The van der Waals surface area contributed by atoms with Gasteiger partial charge in [-0.2, -0.15) is 0 Å². The third kappa shape index (κ3) is 2.25. The lowest BCUT2D eigenvalue weighted by Crippen LogP contribution is -2.43. The van der Waals surface area contributed by atoms with Gasteiger partial charge < -0.3 is 15.3 Å². The smallest absolute Gasteiger partial charge is 0.308 e. The highest BCUT2D eigenvalue weighted by molar-refractivity contribution is 5.91. The van der Waals surface area contributed by atoms with Gasteiger partial charge in [0.15, 0.2) is 0 Å². The minimum atomic E-state index is -0.858. The van der Waals surface area contributed by atoms with E-state index in [-0.39, 0.29) is 24.3 Å². The summed E-state index contributed by atoms with van der Waals surface area (Å²) in [6.45, 7) is 2.54. The average Bonchev–Trinajstić information content (AvgIpc) is 2.83. The van der Waals surface area contributed by atoms with Crippen LogP contribution in [-0.4, -0.2) is 46.9 Å². The first-order valence-electron chi connectivity index (χ1n) is 5.80. The second-order valence-corrected chi connectivity index (χ2v) is 4.82. The van der Waals surface area contributed by atoms with Crippen LogP contribution in [0.2, 0.25) is 0 Å². The van der Waals surface area contributed by atoms with Gasteiger partial charge >= 0.3 is 5.97 Å². The number of carboxylic acid groups (broad SMARTS) is 1. The molecule has 0 aromatic heterocycles. The molecule has 2 aliphatic heterocycles. The molecule has 2 amide bonds. The van der Waals surface area contributed by atoms with Crippen molar-refractivity contribution in [2.24, 2.45) is 11.8 Å². The Morgan fingerprint density at radius 3 is 2.59 bits per heavy atom. The molecule has 6 nitrogen and oxygen atoms in total. The molecule has 2 aliphatic rings. The highest BCUT2D eigenvalue weighted by atomic mass is 16.4. The van der Waals surface area contributed by atoms with E-state index in [0.717, 1.165) is 0 Å². The number of hydrogen-bond acceptors (Lipinski definition) is 3. The molecule has 0 unspecified atom stereocenters. The summed E-state index contributed by atoms with van der Waals surface area (Å²) >= 11 is 0. The summed E-state index contributed by atoms with van der Waals surface area (Å²) in [5, 5.41) is 11.6. The van der Waals surface area contributed by atoms with Gasteiger partial charge in [0.1, 0.15) is 6.04 Å². The number of nitrogens with zero attached hydrogens (tertiary/aromatic N) is 1. The lowest BCUT2D eigenvalue weighted by molar-refractivity contribution is -0.142. The van der Waals surface area contributed by atoms with Crippen LogP contribution in [0.25, 0.3) is 0 Å². The molecule has 2 fully saturated rings. The largest absolute Gasteiger partial charge is 0.481 e. The SMILES string of the molecule is C[C@@H]1CN(C(=O)[C@H]2CCC(=O)N2)C[C@H]1C(=O)O. The second-order valence-electron chi connectivity index (χ2n) is 4.82. The number of carbonyl (C=O) groups excluding carboxylic acids is 2. The van der Waals surface area contributed by atoms with E-state index < -0.39 is 17.9 Å². The Kier molecular flexibility index (Phi) is 3.04. The van der Waals surface area contributed by atoms with Crippen LogP contribution < -0.4 is 5.32 Å². The second kappa shape index (κ2) is 4.35. The number of hydrogen-bond donors (Lipinski definition) is 2. The zero-order valence-electron chi connectivity index (χ0n) is 9.68. The molecule has 0 spiro atoms. The molecule has 2 heterocycles. The highest BCUT2D eigenvalue weighted by Crippen LogP contribution is 2.24. The molecule has 3 atom stereocenters. The van der Waals surface area contributed by atoms with Gasteiger partial charge in [0.25, 0.3) is 0 Å². The number of amides is 2. The Balaban J connectivity index is 1.98. The predicted octanol–water partition coefficient (Wildman–Crippen LogP) is -0.556. The molecule has 0 aliphatic carbocycles. The lowest BCUT2D eigenvalue weighted by Gasteiger charge is -2.20. The topological polar surface area (TPSA) is 86.7 Å². The summed E-state index contributed by atoms with van der Waals surface area (Å²) in [5.74, 6) is -1.63. The highest BCUT2D eigenvalue weighted by Gasteiger charge is 2.40. The van der Waals surface area contributed by atoms with E-state index in [1.807, 2.05) is 6.92 Å². The van der Waals surface area contributed by atoms with Gasteiger partial charge in [-0.25, -0.2) is 0 Å². The Morgan fingerprint density at radius 1 is 1.41 bits per heavy atom. The maximum absolute atomic E-state index is 12.0. The number of rotatable bonds is 2. The van der Waals surface area contributed by atoms with Crippen LogP contribution in [-0.2, 0) is 14.4 Å². The molecule has 0 aromatic carbocycles. The van der Waals surface area contributed by atoms with Gasteiger partial charge in [0.2, 0.25) is 11.8 Å². The van der Waals surface area contributed by atoms with E-state index in [2.05, 4.69) is 5.32 Å². The Labute approximate surface area is 99.0 Å². The first-order chi connectivity index (χ1) is 7.99. The first-order valence-corrected chi connectivity index (χ1v) is 5.80. The van der Waals surface area contributed by atoms with E-state index in [1.54, 1.807) is 4.90 Å². The number of carbonyl (C=O) groups is 3. The van der Waals surface area contributed by atoms with Gasteiger partial charge in [0.05, 0.1) is 5.92 Å². The van der Waals surface area contributed by atoms with E-state index in [4.69, 9.17) is 5.11 Å². The quantitative estimate of drug-likeness (QED) is 0.677. The van der Waals surface area contributed by atoms with Crippen LogP contribution in [0.4, 0.5) is 0 Å². The van der Waals surface area contributed by atoms with Gasteiger partial charge in [-0.3, -0.25) is 14.4 Å². The summed E-state index contributed by atoms with van der Waals surface area (Å²) in [6, 6.07) is -0.456. The molecule has 2 N–H and O–H groups in total. The van der Waals surface area contributed by atoms with Crippen molar-refractivity contribution in [2.75, 3.05) is 13.1 Å². The molecule has 0 saturated carbocycles. The van der Waals surface area contributed by atoms with Crippen molar-refractivity contribution in [3.05, 3.63) is 0 Å². The van der Waals surface area contributed by atoms with Crippen molar-refractivity contribution in [2.45, 2.75) is 25.8 Å². The molecule has 0 bridgehead atoms. The molecular weight excluding hydrogens is 224 g/mol. The molecule has 94 valence electrons. The minimum Gasteiger partial charge on any atom is -0.481 e. The number of aliphatic carboxylic acids is 1. The molecule has 2 saturated heterocycles. The zero-order valence-corrected chi connectivity index (χ0v) is 9.68. The van der Waals surface area contributed by atoms with E-state index in [1.165, 1.54) is 0 Å². The Morgan fingerprint density at radius 2 is 2.12 bits per heavy atom. The Hall–Kier alpha value is -1.59. The molecular formula is C11H16N2O4. The summed E-state index contributed by atoms with van der Waals surface area (Å²) in [7, 11) is 0. The van der Waals surface area contributed by atoms with Crippen LogP contribution in [0.15, 0.2) is 0 Å². The third-order valence-corrected chi connectivity index (χ3v) is 3.53. The maximum atomic E-state index is 12.0. The van der Waals surface area contributed by atoms with Gasteiger partial charge in [-0.1, -0.05) is 6.92 Å². The standard InChI is InChI=1S/C11H16N2O4/c1-6-4-13(5-7(6)11(16)17)10(15)8-2-3-9(14)12-8/h6-8H,2-5H2,1H3,(H,12,14)(H,16,17)/t6-,7-,8-/m1/s1. The van der Waals surface area contributed by atoms with E-state index in [9.17, 15) is 14.4 Å². The summed E-state index contributed by atoms with van der Waals surface area (Å²) in [6.07, 6.45) is 0.891. The van der Waals surface area contributed by atoms with Crippen LogP contribution in [0.1, 0.15) is 19.8 Å². The lowest BCUT2D eigenvalue weighted by atomic mass is 9.99. The van der Waals surface area contributed by atoms with E-state index >= 15 is 0 Å². The number of carboxylic acids is 1. The zero-order chi connectivity index (χ0) is 12.6. The van der Waals surface area contributed by atoms with Crippen LogP contribution >= 0.6 is 0 Å². The minimum absolute atomic E-state index is 0.0337. The van der Waals surface area contributed by atoms with Crippen molar-refractivity contribution < 1.29 is 19.5 Å². The summed E-state index contributed by atoms with van der Waals surface area (Å²) in [4.78, 5) is 35.6. The van der Waals surface area contributed by atoms with Crippen molar-refractivity contribution in [3.8, 4) is 0 Å². The fraction of sp³-hybridized carbons (Fsp3) is 0.727. The van der Waals surface area contributed by atoms with Crippen LogP contribution in [0, 0.1) is 11.8 Å². The number of likely N-dealkylation sites (tertiary alicyclic amines) is 1. The van der Waals surface area contributed by atoms with Gasteiger partial charge in [-0.15, -0.1) is 0 Å². The van der Waals surface area contributed by atoms with Crippen LogP contribution in [0.5, 0.6) is 0 Å². The van der Waals surface area contributed by atoms with Crippen molar-refractivity contribution >= 4 is 17.8 Å². The first kappa shape index (κ1) is 11.9. The van der Waals surface area contributed by atoms with E-state index in [0.29, 0.717) is 19.4 Å². The fourth-order valence-electron chi connectivity index (χ4n) is 2.49. The molecule has 0 aromatic rings. The molecule has 0 radical (unpaired) electrons. The average molecular weight is 240 g/mol. The monoisotopic (exact) mass is 240 g/mol. The maximum Gasteiger partial charge on any atom is 0.308 e. The van der Waals surface area contributed by atoms with Crippen molar-refractivity contribution in [1.82, 2.24) is 10.2 Å². The molecule has 2 rings (SSSR count). The summed E-state index contributed by atoms with van der Waals surface area (Å²) in [5.41, 5.74) is 0. The Bertz CT molecular complexity index is 368. The number of nitrogens with one attached hydrogen (secondary N) is 1. The van der Waals surface area contributed by atoms with Gasteiger partial charge in [-0.05, 0) is 12.3 Å². The fourth-order valence-corrected chi connectivity index (χ4v) is 2.49. The molecule has 17 heavy (non-hydrogen) atoms. The summed E-state index contributed by atoms with van der Waals surface area (Å²) < 4.78 is 0. The van der Waals surface area contributed by atoms with Crippen LogP contribution in [0.3, 0.4) is 0 Å². The van der Waals surface area contributed by atoms with Crippen molar-refractivity contribution in [1.29, 1.82) is 0 Å². The predicted molar refractivity (Wildman–Crippen MR) is 58.0 cm³/mol. The normalized spacial score (nSPS) is 32.6. The van der Waals surface area contributed by atoms with Crippen molar-refractivity contribution in [3.63, 3.8) is 0 Å².